The number of ether oxygens (including phenoxy) is 4. The van der Waals surface area contributed by atoms with Crippen molar-refractivity contribution in [3.05, 3.63) is 24.2 Å². The summed E-state index contributed by atoms with van der Waals surface area (Å²) in [4.78, 5) is 15.7. The van der Waals surface area contributed by atoms with Crippen LogP contribution < -0.4 is 5.73 Å². The van der Waals surface area contributed by atoms with Gasteiger partial charge < -0.3 is 24.7 Å². The average molecular weight is 389 g/mol. The summed E-state index contributed by atoms with van der Waals surface area (Å²) in [7, 11) is 0. The van der Waals surface area contributed by atoms with Crippen LogP contribution in [0.2, 0.25) is 0 Å². The average Bonchev–Trinajstić information content (AvgIpc) is 3.32. The highest BCUT2D eigenvalue weighted by molar-refractivity contribution is 5.65. The van der Waals surface area contributed by atoms with E-state index in [2.05, 4.69) is 16.2 Å². The van der Waals surface area contributed by atoms with E-state index in [4.69, 9.17) is 24.7 Å². The largest absolute Gasteiger partial charge is 0.508 e. The van der Waals surface area contributed by atoms with Gasteiger partial charge in [-0.2, -0.15) is 10.4 Å². The van der Waals surface area contributed by atoms with E-state index in [-0.39, 0.29) is 19.3 Å². The normalized spacial score (nSPS) is 21.5. The Labute approximate surface area is 162 Å². The lowest BCUT2D eigenvalue weighted by Gasteiger charge is -2.21. The zero-order chi connectivity index (χ0) is 20.0. The molecule has 3 rings (SSSR count). The molecule has 2 aromatic heterocycles. The molecule has 1 aliphatic heterocycles. The van der Waals surface area contributed by atoms with Crippen molar-refractivity contribution in [2.75, 3.05) is 32.2 Å². The first-order chi connectivity index (χ1) is 13.6. The zero-order valence-electron chi connectivity index (χ0n) is 15.7. The van der Waals surface area contributed by atoms with Crippen LogP contribution in [0, 0.1) is 11.3 Å². The van der Waals surface area contributed by atoms with Crippen LogP contribution in [0.5, 0.6) is 0 Å². The van der Waals surface area contributed by atoms with Crippen LogP contribution >= 0.6 is 0 Å². The van der Waals surface area contributed by atoms with Gasteiger partial charge in [-0.15, -0.1) is 0 Å². The second-order valence-corrected chi connectivity index (χ2v) is 6.45. The third kappa shape index (κ3) is 4.32. The van der Waals surface area contributed by atoms with Crippen LogP contribution in [0.3, 0.4) is 0 Å². The minimum atomic E-state index is -1.23. The predicted octanol–water partition coefficient (Wildman–Crippen LogP) is 2.01. The summed E-state index contributed by atoms with van der Waals surface area (Å²) in [6.45, 7) is 2.78. The summed E-state index contributed by atoms with van der Waals surface area (Å²) in [5.41, 5.74) is 6.05. The van der Waals surface area contributed by atoms with Gasteiger partial charge >= 0.3 is 6.16 Å². The quantitative estimate of drug-likeness (QED) is 0.531. The molecule has 10 heteroatoms. The van der Waals surface area contributed by atoms with Crippen molar-refractivity contribution >= 4 is 17.5 Å². The van der Waals surface area contributed by atoms with Gasteiger partial charge in [-0.05, 0) is 31.4 Å². The summed E-state index contributed by atoms with van der Waals surface area (Å²) in [6, 6.07) is 5.76. The van der Waals surface area contributed by atoms with Crippen molar-refractivity contribution in [1.29, 1.82) is 5.26 Å². The highest BCUT2D eigenvalue weighted by Crippen LogP contribution is 2.40. The molecule has 10 nitrogen and oxygen atoms in total. The van der Waals surface area contributed by atoms with Crippen molar-refractivity contribution in [2.45, 2.75) is 37.9 Å². The van der Waals surface area contributed by atoms with Gasteiger partial charge in [-0.3, -0.25) is 0 Å². The van der Waals surface area contributed by atoms with E-state index in [1.165, 1.54) is 6.33 Å². The van der Waals surface area contributed by atoms with Crippen LogP contribution in [0.25, 0.3) is 5.52 Å². The third-order valence-electron chi connectivity index (χ3n) is 4.44. The van der Waals surface area contributed by atoms with E-state index in [0.717, 1.165) is 12.1 Å². The monoisotopic (exact) mass is 389 g/mol. The van der Waals surface area contributed by atoms with E-state index in [1.54, 1.807) is 10.6 Å². The Balaban J connectivity index is 1.56. The maximum atomic E-state index is 11.7. The summed E-state index contributed by atoms with van der Waals surface area (Å²) < 4.78 is 22.8. The van der Waals surface area contributed by atoms with Gasteiger partial charge in [0.05, 0.1) is 12.3 Å². The molecule has 0 spiro atoms. The van der Waals surface area contributed by atoms with Crippen LogP contribution in [-0.2, 0) is 18.9 Å². The zero-order valence-corrected chi connectivity index (χ0v) is 15.7. The van der Waals surface area contributed by atoms with Crippen molar-refractivity contribution in [2.24, 2.45) is 0 Å². The van der Waals surface area contributed by atoms with E-state index >= 15 is 0 Å². The van der Waals surface area contributed by atoms with E-state index in [0.29, 0.717) is 37.4 Å². The molecule has 0 aromatic carbocycles. The molecule has 1 unspecified atom stereocenters. The number of nitrogens with two attached hydrogens (primary N) is 1. The van der Waals surface area contributed by atoms with Gasteiger partial charge in [0.1, 0.15) is 37.2 Å². The van der Waals surface area contributed by atoms with Gasteiger partial charge in [-0.25, -0.2) is 14.3 Å². The molecule has 0 amide bonds. The summed E-state index contributed by atoms with van der Waals surface area (Å²) in [6.07, 6.45) is 2.01. The number of carbonyl (C=O) groups excluding carboxylic acids is 1. The number of hydrogen-bond donors (Lipinski definition) is 1. The second-order valence-electron chi connectivity index (χ2n) is 6.45. The molecule has 150 valence electrons. The minimum absolute atomic E-state index is 0.0964. The van der Waals surface area contributed by atoms with Crippen LogP contribution in [-0.4, -0.2) is 52.8 Å². The van der Waals surface area contributed by atoms with Crippen molar-refractivity contribution in [3.63, 3.8) is 0 Å². The van der Waals surface area contributed by atoms with Crippen molar-refractivity contribution in [3.8, 4) is 6.07 Å². The number of hydrogen-bond acceptors (Lipinski definition) is 9. The van der Waals surface area contributed by atoms with Crippen molar-refractivity contribution < 1.29 is 23.7 Å². The Morgan fingerprint density at radius 2 is 2.29 bits per heavy atom. The number of rotatable bonds is 8. The van der Waals surface area contributed by atoms with Crippen LogP contribution in [0.4, 0.5) is 10.6 Å². The summed E-state index contributed by atoms with van der Waals surface area (Å²) in [5, 5.41) is 13.8. The lowest BCUT2D eigenvalue weighted by atomic mass is 10.0. The summed E-state index contributed by atoms with van der Waals surface area (Å²) in [5.74, 6) is 0.361. The first kappa shape index (κ1) is 19.9. The molecule has 1 aliphatic rings. The standard InChI is InChI=1S/C18H23N5O5/c1-2-7-25-8-9-26-17(24)27-11-18(10-19)6-5-15(28-18)13-3-4-14-16(20)21-12-22-23(13)14/h3-4,12,15H,2,5-9,11H2,1H3,(H2,20,21,22)/t15?,18-/m1/s1. The Morgan fingerprint density at radius 1 is 1.43 bits per heavy atom. The molecule has 0 bridgehead atoms. The number of carbonyl (C=O) groups is 1. The molecule has 0 saturated carbocycles. The smallest absolute Gasteiger partial charge is 0.432 e. The van der Waals surface area contributed by atoms with Gasteiger partial charge in [-0.1, -0.05) is 6.92 Å². The SMILES string of the molecule is CCCOCCOC(=O)OC[C@]1(C#N)CCC(c2ccc3c(N)ncnn23)O1. The molecular weight excluding hydrogens is 366 g/mol. The molecule has 3 heterocycles. The summed E-state index contributed by atoms with van der Waals surface area (Å²) >= 11 is 0. The van der Waals surface area contributed by atoms with Crippen LogP contribution in [0.1, 0.15) is 38.0 Å². The fraction of sp³-hybridized carbons (Fsp3) is 0.556. The van der Waals surface area contributed by atoms with Gasteiger partial charge in [0, 0.05) is 6.61 Å². The number of aromatic nitrogens is 3. The van der Waals surface area contributed by atoms with E-state index < -0.39 is 11.8 Å². The number of anilines is 1. The topological polar surface area (TPSA) is 134 Å². The Morgan fingerprint density at radius 3 is 3.07 bits per heavy atom. The lowest BCUT2D eigenvalue weighted by molar-refractivity contribution is -0.0572. The molecule has 0 aliphatic carbocycles. The van der Waals surface area contributed by atoms with Gasteiger partial charge in [0.15, 0.2) is 11.4 Å². The molecule has 0 radical (unpaired) electrons. The Bertz CT molecular complexity index is 864. The van der Waals surface area contributed by atoms with E-state index in [1.807, 2.05) is 13.0 Å². The second kappa shape index (κ2) is 8.86. The molecular formula is C18H23N5O5. The van der Waals surface area contributed by atoms with E-state index in [9.17, 15) is 10.1 Å². The molecule has 2 atom stereocenters. The Hall–Kier alpha value is -2.90. The van der Waals surface area contributed by atoms with Gasteiger partial charge in [0.2, 0.25) is 0 Å². The fourth-order valence-corrected chi connectivity index (χ4v) is 3.05. The molecule has 1 saturated heterocycles. The third-order valence-corrected chi connectivity index (χ3v) is 4.44. The highest BCUT2D eigenvalue weighted by Gasteiger charge is 2.43. The fourth-order valence-electron chi connectivity index (χ4n) is 3.05. The molecule has 2 N–H and O–H groups in total. The molecule has 1 fully saturated rings. The predicted molar refractivity (Wildman–Crippen MR) is 97.2 cm³/mol. The van der Waals surface area contributed by atoms with Crippen molar-refractivity contribution in [1.82, 2.24) is 14.6 Å². The number of fused-ring (bicyclic) bond motifs is 1. The molecule has 2 aromatic rings. The molecule has 28 heavy (non-hydrogen) atoms. The maximum Gasteiger partial charge on any atom is 0.508 e. The lowest BCUT2D eigenvalue weighted by Crippen LogP contribution is -2.33. The first-order valence-electron chi connectivity index (χ1n) is 9.13. The maximum absolute atomic E-state index is 11.7. The number of nitrogens with zero attached hydrogens (tertiary/aromatic N) is 4. The Kier molecular flexibility index (Phi) is 6.28. The minimum Gasteiger partial charge on any atom is -0.432 e. The number of nitriles is 1. The van der Waals surface area contributed by atoms with Gasteiger partial charge in [0.25, 0.3) is 0 Å². The first-order valence-corrected chi connectivity index (χ1v) is 9.13. The van der Waals surface area contributed by atoms with Crippen LogP contribution in [0.15, 0.2) is 18.5 Å². The highest BCUT2D eigenvalue weighted by atomic mass is 16.7. The number of nitrogen functional groups attached to an aromatic ring is 1.